The number of carbonyl (C=O) groups is 1. The van der Waals surface area contributed by atoms with Crippen LogP contribution in [0.25, 0.3) is 0 Å². The van der Waals surface area contributed by atoms with E-state index < -0.39 is 0 Å². The standard InChI is InChI=1S/C24H33NO4/c1-5-29-24(28)25-13-18(14-25)9-17-10-22(26)21(23(27)11-17)12-19-8-16(4)6-7-20(19)15(2)3/h8,10-11,18-20,26-27H,2,5-7,9,12-14H2,1,3-4H3/t19-,20-/m0/s1. The number of nitrogens with zero attached hydrogens (tertiary/aromatic N) is 1. The van der Waals surface area contributed by atoms with Gasteiger partial charge in [-0.05, 0) is 81.9 Å². The summed E-state index contributed by atoms with van der Waals surface area (Å²) in [5, 5.41) is 21.2. The minimum atomic E-state index is -0.271. The number of allylic oxidation sites excluding steroid dienone is 3. The summed E-state index contributed by atoms with van der Waals surface area (Å²) in [6.45, 7) is 11.8. The summed E-state index contributed by atoms with van der Waals surface area (Å²) >= 11 is 0. The number of hydrogen-bond acceptors (Lipinski definition) is 4. The van der Waals surface area contributed by atoms with Gasteiger partial charge in [0.2, 0.25) is 0 Å². The van der Waals surface area contributed by atoms with Crippen molar-refractivity contribution < 1.29 is 19.7 Å². The van der Waals surface area contributed by atoms with Gasteiger partial charge in [-0.2, -0.15) is 0 Å². The van der Waals surface area contributed by atoms with E-state index in [0.29, 0.717) is 49.9 Å². The second-order valence-electron chi connectivity index (χ2n) is 8.66. The van der Waals surface area contributed by atoms with E-state index in [0.717, 1.165) is 24.0 Å². The Balaban J connectivity index is 1.66. The highest BCUT2D eigenvalue weighted by Crippen LogP contribution is 2.39. The molecule has 0 saturated carbocycles. The summed E-state index contributed by atoms with van der Waals surface area (Å²) in [6, 6.07) is 3.52. The van der Waals surface area contributed by atoms with Gasteiger partial charge in [0.25, 0.3) is 0 Å². The van der Waals surface area contributed by atoms with Crippen molar-refractivity contribution >= 4 is 6.09 Å². The van der Waals surface area contributed by atoms with Crippen LogP contribution in [-0.2, 0) is 17.6 Å². The molecule has 1 aliphatic carbocycles. The molecule has 0 unspecified atom stereocenters. The lowest BCUT2D eigenvalue weighted by Crippen LogP contribution is -2.50. The molecule has 1 aromatic carbocycles. The highest BCUT2D eigenvalue weighted by molar-refractivity contribution is 5.68. The van der Waals surface area contributed by atoms with E-state index in [-0.39, 0.29) is 23.5 Å². The van der Waals surface area contributed by atoms with Crippen LogP contribution in [0.5, 0.6) is 11.5 Å². The van der Waals surface area contributed by atoms with E-state index in [1.165, 1.54) is 5.57 Å². The summed E-state index contributed by atoms with van der Waals surface area (Å²) in [5.41, 5.74) is 4.02. The summed E-state index contributed by atoms with van der Waals surface area (Å²) in [7, 11) is 0. The minimum absolute atomic E-state index is 0.152. The number of rotatable bonds is 6. The number of phenols is 2. The predicted octanol–water partition coefficient (Wildman–Crippen LogP) is 4.82. The smallest absolute Gasteiger partial charge is 0.409 e. The SMILES string of the molecule is C=C(C)[C@@H]1CCC(C)=C[C@H]1Cc1c(O)cc(CC2CN(C(=O)OCC)C2)cc1O. The number of likely N-dealkylation sites (tertiary alicyclic amines) is 1. The fraction of sp³-hybridized carbons (Fsp3) is 0.542. The van der Waals surface area contributed by atoms with Crippen molar-refractivity contribution in [3.63, 3.8) is 0 Å². The molecular weight excluding hydrogens is 366 g/mol. The fourth-order valence-electron chi connectivity index (χ4n) is 4.63. The lowest BCUT2D eigenvalue weighted by molar-refractivity contribution is 0.0570. The van der Waals surface area contributed by atoms with Crippen molar-refractivity contribution in [3.05, 3.63) is 47.1 Å². The molecule has 2 aliphatic rings. The van der Waals surface area contributed by atoms with Gasteiger partial charge in [-0.1, -0.05) is 23.8 Å². The Bertz CT molecular complexity index is 784. The maximum Gasteiger partial charge on any atom is 0.409 e. The molecule has 1 saturated heterocycles. The Kier molecular flexibility index (Phi) is 6.56. The molecule has 0 aromatic heterocycles. The monoisotopic (exact) mass is 399 g/mol. The first-order chi connectivity index (χ1) is 13.8. The van der Waals surface area contributed by atoms with Crippen LogP contribution in [0.2, 0.25) is 0 Å². The molecule has 29 heavy (non-hydrogen) atoms. The summed E-state index contributed by atoms with van der Waals surface area (Å²) in [6.07, 6.45) is 5.47. The summed E-state index contributed by atoms with van der Waals surface area (Å²) in [4.78, 5) is 13.4. The minimum Gasteiger partial charge on any atom is -0.508 e. The van der Waals surface area contributed by atoms with Crippen molar-refractivity contribution in [1.29, 1.82) is 0 Å². The lowest BCUT2D eigenvalue weighted by atomic mass is 9.74. The molecule has 1 fully saturated rings. The Hall–Kier alpha value is -2.43. The fourth-order valence-corrected chi connectivity index (χ4v) is 4.63. The molecule has 2 N–H and O–H groups in total. The quantitative estimate of drug-likeness (QED) is 0.673. The van der Waals surface area contributed by atoms with Crippen LogP contribution in [0.3, 0.4) is 0 Å². The molecule has 1 amide bonds. The number of aromatic hydroxyl groups is 2. The van der Waals surface area contributed by atoms with Gasteiger partial charge in [-0.15, -0.1) is 0 Å². The van der Waals surface area contributed by atoms with Gasteiger partial charge in [-0.3, -0.25) is 0 Å². The van der Waals surface area contributed by atoms with E-state index in [9.17, 15) is 15.0 Å². The van der Waals surface area contributed by atoms with Crippen molar-refractivity contribution in [3.8, 4) is 11.5 Å². The maximum absolute atomic E-state index is 11.7. The highest BCUT2D eigenvalue weighted by atomic mass is 16.6. The van der Waals surface area contributed by atoms with Gasteiger partial charge in [-0.25, -0.2) is 4.79 Å². The number of ether oxygens (including phenoxy) is 1. The Labute approximate surface area is 173 Å². The largest absolute Gasteiger partial charge is 0.508 e. The van der Waals surface area contributed by atoms with Crippen molar-refractivity contribution in [2.24, 2.45) is 17.8 Å². The van der Waals surface area contributed by atoms with Gasteiger partial charge in [0, 0.05) is 18.7 Å². The Morgan fingerprint density at radius 2 is 1.90 bits per heavy atom. The molecule has 1 aromatic rings. The molecule has 2 atom stereocenters. The van der Waals surface area contributed by atoms with Gasteiger partial charge in [0.1, 0.15) is 11.5 Å². The first kappa shape index (κ1) is 21.3. The maximum atomic E-state index is 11.7. The van der Waals surface area contributed by atoms with Crippen molar-refractivity contribution in [1.82, 2.24) is 4.90 Å². The predicted molar refractivity (Wildman–Crippen MR) is 114 cm³/mol. The number of hydrogen-bond donors (Lipinski definition) is 2. The van der Waals surface area contributed by atoms with E-state index in [1.54, 1.807) is 24.0 Å². The first-order valence-electron chi connectivity index (χ1n) is 10.6. The molecule has 158 valence electrons. The molecular formula is C24H33NO4. The topological polar surface area (TPSA) is 70.0 Å². The van der Waals surface area contributed by atoms with Crippen LogP contribution in [0.15, 0.2) is 35.9 Å². The number of amides is 1. The molecule has 0 radical (unpaired) electrons. The van der Waals surface area contributed by atoms with Crippen LogP contribution in [0, 0.1) is 17.8 Å². The molecule has 0 bridgehead atoms. The van der Waals surface area contributed by atoms with Crippen LogP contribution < -0.4 is 0 Å². The zero-order valence-corrected chi connectivity index (χ0v) is 17.8. The van der Waals surface area contributed by atoms with Crippen LogP contribution in [0.4, 0.5) is 4.79 Å². The molecule has 1 aliphatic heterocycles. The van der Waals surface area contributed by atoms with Crippen molar-refractivity contribution in [2.45, 2.75) is 46.5 Å². The van der Waals surface area contributed by atoms with Gasteiger partial charge in [0.15, 0.2) is 0 Å². The average molecular weight is 400 g/mol. The Morgan fingerprint density at radius 1 is 1.24 bits per heavy atom. The van der Waals surface area contributed by atoms with Gasteiger partial charge < -0.3 is 19.8 Å². The number of phenolic OH excluding ortho intramolecular Hbond substituents is 2. The van der Waals surface area contributed by atoms with Gasteiger partial charge in [0.05, 0.1) is 6.61 Å². The Morgan fingerprint density at radius 3 is 2.48 bits per heavy atom. The normalized spacial score (nSPS) is 22.0. The zero-order valence-electron chi connectivity index (χ0n) is 17.8. The van der Waals surface area contributed by atoms with Crippen molar-refractivity contribution in [2.75, 3.05) is 19.7 Å². The number of carbonyl (C=O) groups excluding carboxylic acids is 1. The third kappa shape index (κ3) is 4.95. The van der Waals surface area contributed by atoms with Crippen LogP contribution >= 0.6 is 0 Å². The molecule has 1 heterocycles. The second kappa shape index (κ2) is 8.93. The molecule has 3 rings (SSSR count). The zero-order chi connectivity index (χ0) is 21.1. The third-order valence-corrected chi connectivity index (χ3v) is 6.21. The van der Waals surface area contributed by atoms with E-state index in [1.807, 2.05) is 0 Å². The second-order valence-corrected chi connectivity index (χ2v) is 8.66. The van der Waals surface area contributed by atoms with Crippen LogP contribution in [-0.4, -0.2) is 40.9 Å². The van der Waals surface area contributed by atoms with E-state index in [4.69, 9.17) is 4.74 Å². The average Bonchev–Trinajstić information content (AvgIpc) is 2.60. The summed E-state index contributed by atoms with van der Waals surface area (Å²) < 4.78 is 5.00. The van der Waals surface area contributed by atoms with E-state index >= 15 is 0 Å². The lowest BCUT2D eigenvalue weighted by Gasteiger charge is -2.38. The molecule has 5 nitrogen and oxygen atoms in total. The van der Waals surface area contributed by atoms with Gasteiger partial charge >= 0.3 is 6.09 Å². The van der Waals surface area contributed by atoms with E-state index in [2.05, 4.69) is 26.5 Å². The molecule has 0 spiro atoms. The highest BCUT2D eigenvalue weighted by Gasteiger charge is 2.32. The number of benzene rings is 1. The van der Waals surface area contributed by atoms with Crippen LogP contribution in [0.1, 0.15) is 44.7 Å². The first-order valence-corrected chi connectivity index (χ1v) is 10.6. The molecule has 5 heteroatoms. The summed E-state index contributed by atoms with van der Waals surface area (Å²) in [5.74, 6) is 1.24. The third-order valence-electron chi connectivity index (χ3n) is 6.21.